The lowest BCUT2D eigenvalue weighted by Gasteiger charge is -2.26. The Bertz CT molecular complexity index is 1360. The molecule has 1 N–H and O–H groups in total. The standard InChI is InChI=1S/C28H33F6N5O2/c1-5-38(14-18-8-6-7-9-18)24-20(12-23-17(2)36-37(3)25(23)35-24)16-39(26(40)41-4)15-19-10-21(27(29,30)31)13-22(11-19)28(32,33)34/h10-13,18H,5-9,14-16H2,1-4H3/p+1. The van der Waals surface area contributed by atoms with Crippen molar-refractivity contribution in [2.75, 3.05) is 20.2 Å². The number of methoxy groups -OCH3 is 1. The fourth-order valence-corrected chi connectivity index (χ4v) is 5.63. The zero-order valence-corrected chi connectivity index (χ0v) is 23.4. The first-order valence-electron chi connectivity index (χ1n) is 13.5. The van der Waals surface area contributed by atoms with Crippen molar-refractivity contribution < 1.29 is 40.8 Å². The van der Waals surface area contributed by atoms with Crippen LogP contribution >= 0.6 is 0 Å². The number of rotatable bonds is 8. The van der Waals surface area contributed by atoms with Gasteiger partial charge in [0.05, 0.1) is 49.1 Å². The number of ether oxygens (including phenoxy) is 1. The van der Waals surface area contributed by atoms with Crippen LogP contribution < -0.4 is 4.90 Å². The van der Waals surface area contributed by atoms with Gasteiger partial charge in [0.15, 0.2) is 5.65 Å². The predicted molar refractivity (Wildman–Crippen MR) is 139 cm³/mol. The Kier molecular flexibility index (Phi) is 8.86. The first-order valence-corrected chi connectivity index (χ1v) is 13.5. The highest BCUT2D eigenvalue weighted by molar-refractivity contribution is 5.80. The number of amides is 1. The molecule has 1 aliphatic rings. The summed E-state index contributed by atoms with van der Waals surface area (Å²) in [5.74, 6) is 1.18. The van der Waals surface area contributed by atoms with Crippen molar-refractivity contribution in [1.82, 2.24) is 19.7 Å². The van der Waals surface area contributed by atoms with E-state index in [2.05, 4.69) is 5.10 Å². The van der Waals surface area contributed by atoms with E-state index in [1.807, 2.05) is 19.9 Å². The maximum absolute atomic E-state index is 13.5. The van der Waals surface area contributed by atoms with Crippen LogP contribution in [0, 0.1) is 12.8 Å². The van der Waals surface area contributed by atoms with Gasteiger partial charge in [0.25, 0.3) is 0 Å². The summed E-state index contributed by atoms with van der Waals surface area (Å²) in [5.41, 5.74) is -1.24. The van der Waals surface area contributed by atoms with E-state index >= 15 is 0 Å². The number of pyridine rings is 1. The Morgan fingerprint density at radius 3 is 2.20 bits per heavy atom. The van der Waals surface area contributed by atoms with Gasteiger partial charge in [-0.05, 0) is 56.5 Å². The molecule has 0 saturated heterocycles. The Morgan fingerprint density at radius 1 is 1.05 bits per heavy atom. The molecular weight excluding hydrogens is 552 g/mol. The van der Waals surface area contributed by atoms with E-state index in [0.29, 0.717) is 47.3 Å². The zero-order chi connectivity index (χ0) is 30.1. The third-order valence-electron chi connectivity index (χ3n) is 7.66. The number of nitrogens with zero attached hydrogens (tertiary/aromatic N) is 4. The lowest BCUT2D eigenvalue weighted by Crippen LogP contribution is -3.08. The molecular formula is C28H34F6N5O2+. The molecule has 7 nitrogen and oxygen atoms in total. The van der Waals surface area contributed by atoms with E-state index in [4.69, 9.17) is 9.72 Å². The molecule has 0 radical (unpaired) electrons. The van der Waals surface area contributed by atoms with Crippen LogP contribution in [0.4, 0.5) is 37.0 Å². The van der Waals surface area contributed by atoms with E-state index in [9.17, 15) is 31.1 Å². The maximum Gasteiger partial charge on any atom is 0.416 e. The molecule has 0 aliphatic heterocycles. The molecule has 41 heavy (non-hydrogen) atoms. The lowest BCUT2D eigenvalue weighted by molar-refractivity contribution is -0.837. The maximum atomic E-state index is 13.5. The second-order valence-electron chi connectivity index (χ2n) is 10.6. The fourth-order valence-electron chi connectivity index (χ4n) is 5.63. The topological polar surface area (TPSA) is 64.7 Å². The van der Waals surface area contributed by atoms with E-state index in [0.717, 1.165) is 54.5 Å². The number of carbonyl (C=O) groups excluding carboxylic acids is 1. The lowest BCUT2D eigenvalue weighted by atomic mass is 10.0. The van der Waals surface area contributed by atoms with Crippen LogP contribution in [0.3, 0.4) is 0 Å². The fraction of sp³-hybridized carbons (Fsp3) is 0.536. The van der Waals surface area contributed by atoms with Crippen LogP contribution in [0.1, 0.15) is 60.6 Å². The average Bonchev–Trinajstić information content (AvgIpc) is 3.52. The molecule has 0 spiro atoms. The summed E-state index contributed by atoms with van der Waals surface area (Å²) < 4.78 is 87.5. The van der Waals surface area contributed by atoms with E-state index in [-0.39, 0.29) is 18.2 Å². The van der Waals surface area contributed by atoms with E-state index in [1.165, 1.54) is 0 Å². The van der Waals surface area contributed by atoms with Crippen molar-refractivity contribution in [2.24, 2.45) is 13.0 Å². The molecule has 1 aromatic carbocycles. The monoisotopic (exact) mass is 586 g/mol. The molecule has 1 aliphatic carbocycles. The molecule has 224 valence electrons. The van der Waals surface area contributed by atoms with Gasteiger partial charge in [-0.2, -0.15) is 36.4 Å². The molecule has 0 bridgehead atoms. The predicted octanol–water partition coefficient (Wildman–Crippen LogP) is 5.81. The summed E-state index contributed by atoms with van der Waals surface area (Å²) in [6.07, 6.45) is -6.36. The van der Waals surface area contributed by atoms with Crippen LogP contribution in [0.2, 0.25) is 0 Å². The van der Waals surface area contributed by atoms with Crippen LogP contribution in [0.25, 0.3) is 11.0 Å². The number of halogens is 6. The van der Waals surface area contributed by atoms with Crippen molar-refractivity contribution in [3.63, 3.8) is 0 Å². The first kappa shape index (κ1) is 30.6. The van der Waals surface area contributed by atoms with Gasteiger partial charge in [0.1, 0.15) is 0 Å². The van der Waals surface area contributed by atoms with Crippen molar-refractivity contribution in [2.45, 2.75) is 65.0 Å². The van der Waals surface area contributed by atoms with Crippen molar-refractivity contribution in [1.29, 1.82) is 0 Å². The third-order valence-corrected chi connectivity index (χ3v) is 7.66. The van der Waals surface area contributed by atoms with Crippen LogP contribution in [-0.4, -0.2) is 46.0 Å². The molecule has 1 unspecified atom stereocenters. The molecule has 1 saturated carbocycles. The summed E-state index contributed by atoms with van der Waals surface area (Å²) in [7, 11) is 2.89. The Hall–Kier alpha value is -3.35. The Labute approximate surface area is 234 Å². The van der Waals surface area contributed by atoms with Crippen LogP contribution in [-0.2, 0) is 37.2 Å². The van der Waals surface area contributed by atoms with Crippen molar-refractivity contribution >= 4 is 22.9 Å². The van der Waals surface area contributed by atoms with Crippen LogP contribution in [0.5, 0.6) is 0 Å². The minimum atomic E-state index is -5.00. The van der Waals surface area contributed by atoms with E-state index in [1.54, 1.807) is 11.7 Å². The quantitative estimate of drug-likeness (QED) is 0.339. The average molecular weight is 587 g/mol. The Morgan fingerprint density at radius 2 is 1.66 bits per heavy atom. The molecule has 4 rings (SSSR count). The molecule has 1 fully saturated rings. The highest BCUT2D eigenvalue weighted by atomic mass is 19.4. The number of aryl methyl sites for hydroxylation is 2. The number of benzene rings is 1. The first-order chi connectivity index (χ1) is 19.2. The number of alkyl halides is 6. The van der Waals surface area contributed by atoms with Gasteiger partial charge in [0, 0.05) is 24.9 Å². The number of quaternary nitrogens is 1. The second kappa shape index (κ2) is 11.9. The smallest absolute Gasteiger partial charge is 0.416 e. The largest absolute Gasteiger partial charge is 0.453 e. The Balaban J connectivity index is 1.77. The summed E-state index contributed by atoms with van der Waals surface area (Å²) in [6.45, 7) is 4.68. The number of hydrogen-bond donors (Lipinski definition) is 1. The third kappa shape index (κ3) is 6.94. The SMILES string of the molecule is CC[NH+](CC1CCCC1)c1nc2c(cc1CN(Cc1cc(C(F)(F)F)cc(C(F)(F)F)c1)C(=O)OC)c(C)nn2C. The number of aromatic nitrogens is 3. The van der Waals surface area contributed by atoms with Crippen LogP contribution in [0.15, 0.2) is 24.3 Å². The van der Waals surface area contributed by atoms with E-state index < -0.39 is 36.1 Å². The molecule has 2 heterocycles. The van der Waals surface area contributed by atoms with Gasteiger partial charge in [0.2, 0.25) is 5.82 Å². The molecule has 1 amide bonds. The number of hydrogen-bond acceptors (Lipinski definition) is 4. The number of nitrogens with one attached hydrogen (secondary N) is 1. The summed E-state index contributed by atoms with van der Waals surface area (Å²) >= 11 is 0. The van der Waals surface area contributed by atoms with Crippen molar-refractivity contribution in [3.8, 4) is 0 Å². The van der Waals surface area contributed by atoms with Gasteiger partial charge in [-0.25, -0.2) is 9.48 Å². The number of carbonyl (C=O) groups is 1. The highest BCUT2D eigenvalue weighted by Gasteiger charge is 2.37. The second-order valence-corrected chi connectivity index (χ2v) is 10.6. The van der Waals surface area contributed by atoms with Gasteiger partial charge in [-0.15, -0.1) is 0 Å². The van der Waals surface area contributed by atoms with Gasteiger partial charge in [-0.3, -0.25) is 9.80 Å². The van der Waals surface area contributed by atoms with Crippen molar-refractivity contribution in [3.05, 3.63) is 52.2 Å². The minimum Gasteiger partial charge on any atom is -0.453 e. The van der Waals surface area contributed by atoms with Gasteiger partial charge in [-0.1, -0.05) is 12.8 Å². The zero-order valence-electron chi connectivity index (χ0n) is 23.4. The number of fused-ring (bicyclic) bond motifs is 1. The summed E-state index contributed by atoms with van der Waals surface area (Å²) in [5, 5.41) is 5.19. The summed E-state index contributed by atoms with van der Waals surface area (Å²) in [4.78, 5) is 20.0. The molecule has 13 heteroatoms. The summed E-state index contributed by atoms with van der Waals surface area (Å²) in [6, 6.07) is 3.18. The molecule has 3 aromatic rings. The highest BCUT2D eigenvalue weighted by Crippen LogP contribution is 2.37. The molecule has 1 atom stereocenters. The van der Waals surface area contributed by atoms with Gasteiger partial charge < -0.3 is 4.74 Å². The van der Waals surface area contributed by atoms with Gasteiger partial charge >= 0.3 is 18.4 Å². The molecule has 2 aromatic heterocycles. The normalized spacial score (nSPS) is 15.5. The minimum absolute atomic E-state index is 0.0681.